The number of hydrogen-bond acceptors (Lipinski definition) is 4. The smallest absolute Gasteiger partial charge is 0.231 e. The van der Waals surface area contributed by atoms with Crippen LogP contribution in [0, 0.1) is 13.8 Å². The fourth-order valence-electron chi connectivity index (χ4n) is 3.48. The van der Waals surface area contributed by atoms with Gasteiger partial charge in [-0.25, -0.2) is 0 Å². The highest BCUT2D eigenvalue weighted by Gasteiger charge is 2.30. The average molecular weight is 400 g/mol. The lowest BCUT2D eigenvalue weighted by molar-refractivity contribution is 0.101. The van der Waals surface area contributed by atoms with Gasteiger partial charge in [0.2, 0.25) is 5.78 Å². The number of fused-ring (bicyclic) bond motifs is 1. The molecule has 1 heterocycles. The molecule has 0 N–H and O–H groups in total. The molecule has 0 atom stereocenters. The zero-order valence-electron chi connectivity index (χ0n) is 17.4. The molecule has 3 aromatic carbocycles. The Morgan fingerprint density at radius 1 is 0.900 bits per heavy atom. The number of carbonyl (C=O) groups is 1. The van der Waals surface area contributed by atoms with Crippen LogP contribution in [0.4, 0.5) is 0 Å². The van der Waals surface area contributed by atoms with Gasteiger partial charge in [-0.15, -0.1) is 0 Å². The third-order valence-corrected chi connectivity index (χ3v) is 5.19. The second-order valence-electron chi connectivity index (χ2n) is 7.19. The third-order valence-electron chi connectivity index (χ3n) is 5.19. The summed E-state index contributed by atoms with van der Waals surface area (Å²) in [5.41, 5.74) is 4.49. The van der Waals surface area contributed by atoms with Crippen molar-refractivity contribution in [1.82, 2.24) is 0 Å². The number of Topliss-reactive ketones (excluding diaryl/α,β-unsaturated/α-hetero) is 1. The summed E-state index contributed by atoms with van der Waals surface area (Å²) in [6.07, 6.45) is 1.74. The standard InChI is InChI=1S/C26H24O4/c1-4-28-23-12-8-7-10-19(23)15-24-25(27)21-13-14-22(18(3)26(21)30-24)29-16-20-11-6-5-9-17(20)2/h5-15H,4,16H2,1-3H3/b24-15-. The van der Waals surface area contributed by atoms with Crippen LogP contribution in [0.5, 0.6) is 17.2 Å². The number of hydrogen-bond donors (Lipinski definition) is 0. The van der Waals surface area contributed by atoms with Crippen LogP contribution in [-0.2, 0) is 6.61 Å². The largest absolute Gasteiger partial charge is 0.493 e. The number of carbonyl (C=O) groups excluding carboxylic acids is 1. The Morgan fingerprint density at radius 3 is 2.47 bits per heavy atom. The van der Waals surface area contributed by atoms with Crippen molar-refractivity contribution >= 4 is 11.9 Å². The summed E-state index contributed by atoms with van der Waals surface area (Å²) in [6, 6.07) is 19.3. The molecule has 4 heteroatoms. The molecule has 1 aliphatic heterocycles. The van der Waals surface area contributed by atoms with E-state index in [0.717, 1.165) is 22.4 Å². The average Bonchev–Trinajstić information content (AvgIpc) is 3.07. The van der Waals surface area contributed by atoms with Crippen molar-refractivity contribution in [2.24, 2.45) is 0 Å². The molecule has 1 aliphatic rings. The summed E-state index contributed by atoms with van der Waals surface area (Å²) < 4.78 is 17.7. The van der Waals surface area contributed by atoms with E-state index in [4.69, 9.17) is 14.2 Å². The van der Waals surface area contributed by atoms with Gasteiger partial charge in [-0.1, -0.05) is 42.5 Å². The van der Waals surface area contributed by atoms with Gasteiger partial charge in [0.15, 0.2) is 5.76 Å². The highest BCUT2D eigenvalue weighted by Crippen LogP contribution is 2.40. The molecule has 30 heavy (non-hydrogen) atoms. The number of ether oxygens (including phenoxy) is 3. The molecule has 4 nitrogen and oxygen atoms in total. The van der Waals surface area contributed by atoms with Crippen LogP contribution in [0.1, 0.15) is 39.5 Å². The SMILES string of the molecule is CCOc1ccccc1/C=C1\Oc2c(ccc(OCc3ccccc3C)c2C)C1=O. The van der Waals surface area contributed by atoms with E-state index in [1.54, 1.807) is 12.1 Å². The molecule has 0 bridgehead atoms. The van der Waals surface area contributed by atoms with Crippen molar-refractivity contribution in [2.45, 2.75) is 27.4 Å². The van der Waals surface area contributed by atoms with Crippen LogP contribution < -0.4 is 14.2 Å². The molecule has 0 radical (unpaired) electrons. The normalized spacial score (nSPS) is 13.8. The molecule has 152 valence electrons. The molecule has 0 fully saturated rings. The van der Waals surface area contributed by atoms with Crippen LogP contribution in [0.3, 0.4) is 0 Å². The minimum Gasteiger partial charge on any atom is -0.493 e. The number of para-hydroxylation sites is 1. The monoisotopic (exact) mass is 400 g/mol. The Balaban J connectivity index is 1.59. The van der Waals surface area contributed by atoms with E-state index in [-0.39, 0.29) is 11.5 Å². The summed E-state index contributed by atoms with van der Waals surface area (Å²) >= 11 is 0. The van der Waals surface area contributed by atoms with E-state index in [9.17, 15) is 4.79 Å². The predicted molar refractivity (Wildman–Crippen MR) is 117 cm³/mol. The first-order valence-corrected chi connectivity index (χ1v) is 10.1. The highest BCUT2D eigenvalue weighted by atomic mass is 16.5. The van der Waals surface area contributed by atoms with E-state index >= 15 is 0 Å². The zero-order chi connectivity index (χ0) is 21.1. The van der Waals surface area contributed by atoms with Crippen LogP contribution in [-0.4, -0.2) is 12.4 Å². The van der Waals surface area contributed by atoms with Gasteiger partial charge in [0.05, 0.1) is 12.2 Å². The first kappa shape index (κ1) is 19.8. The van der Waals surface area contributed by atoms with Crippen molar-refractivity contribution in [3.8, 4) is 17.2 Å². The third kappa shape index (κ3) is 3.81. The number of rotatable bonds is 6. The minimum absolute atomic E-state index is 0.134. The molecular weight excluding hydrogens is 376 g/mol. The number of allylic oxidation sites excluding steroid dienone is 1. The Kier molecular flexibility index (Phi) is 5.57. The summed E-state index contributed by atoms with van der Waals surface area (Å²) in [6.45, 7) is 6.92. The maximum Gasteiger partial charge on any atom is 0.231 e. The van der Waals surface area contributed by atoms with E-state index in [0.29, 0.717) is 30.3 Å². The summed E-state index contributed by atoms with van der Waals surface area (Å²) in [4.78, 5) is 12.9. The molecule has 0 saturated carbocycles. The Labute approximate surface area is 176 Å². The molecule has 0 saturated heterocycles. The second-order valence-corrected chi connectivity index (χ2v) is 7.19. The number of aryl methyl sites for hydroxylation is 1. The van der Waals surface area contributed by atoms with Crippen LogP contribution in [0.25, 0.3) is 6.08 Å². The van der Waals surface area contributed by atoms with Crippen molar-refractivity contribution < 1.29 is 19.0 Å². The van der Waals surface area contributed by atoms with Gasteiger partial charge in [-0.2, -0.15) is 0 Å². The van der Waals surface area contributed by atoms with Crippen molar-refractivity contribution in [3.63, 3.8) is 0 Å². The van der Waals surface area contributed by atoms with Crippen molar-refractivity contribution in [1.29, 1.82) is 0 Å². The first-order valence-electron chi connectivity index (χ1n) is 10.1. The highest BCUT2D eigenvalue weighted by molar-refractivity contribution is 6.15. The molecule has 0 spiro atoms. The number of ketones is 1. The number of benzene rings is 3. The molecule has 4 rings (SSSR count). The topological polar surface area (TPSA) is 44.8 Å². The van der Waals surface area contributed by atoms with Gasteiger partial charge in [0.25, 0.3) is 0 Å². The Hall–Kier alpha value is -3.53. The summed E-state index contributed by atoms with van der Waals surface area (Å²) in [7, 11) is 0. The molecular formula is C26H24O4. The lowest BCUT2D eigenvalue weighted by Gasteiger charge is -2.12. The minimum atomic E-state index is -0.134. The predicted octanol–water partition coefficient (Wildman–Crippen LogP) is 5.90. The lowest BCUT2D eigenvalue weighted by Crippen LogP contribution is -2.00. The van der Waals surface area contributed by atoms with Crippen molar-refractivity contribution in [2.75, 3.05) is 6.61 Å². The fourth-order valence-corrected chi connectivity index (χ4v) is 3.48. The van der Waals surface area contributed by atoms with Gasteiger partial charge < -0.3 is 14.2 Å². The first-order chi connectivity index (χ1) is 14.6. The Bertz CT molecular complexity index is 1130. The summed E-state index contributed by atoms with van der Waals surface area (Å²) in [5.74, 6) is 2.14. The van der Waals surface area contributed by atoms with Gasteiger partial charge in [0, 0.05) is 11.1 Å². The maximum atomic E-state index is 12.9. The zero-order valence-corrected chi connectivity index (χ0v) is 17.4. The van der Waals surface area contributed by atoms with E-state index in [1.165, 1.54) is 5.56 Å². The van der Waals surface area contributed by atoms with Gasteiger partial charge in [0.1, 0.15) is 23.9 Å². The van der Waals surface area contributed by atoms with Gasteiger partial charge in [-0.3, -0.25) is 4.79 Å². The van der Waals surface area contributed by atoms with E-state index < -0.39 is 0 Å². The molecule has 3 aromatic rings. The molecule has 0 amide bonds. The van der Waals surface area contributed by atoms with Crippen LogP contribution in [0.15, 0.2) is 66.4 Å². The maximum absolute atomic E-state index is 12.9. The van der Waals surface area contributed by atoms with Crippen LogP contribution >= 0.6 is 0 Å². The lowest BCUT2D eigenvalue weighted by atomic mass is 10.1. The van der Waals surface area contributed by atoms with Gasteiger partial charge >= 0.3 is 0 Å². The molecule has 0 unspecified atom stereocenters. The quantitative estimate of drug-likeness (QED) is 0.484. The van der Waals surface area contributed by atoms with Crippen LogP contribution in [0.2, 0.25) is 0 Å². The second kappa shape index (κ2) is 8.46. The van der Waals surface area contributed by atoms with E-state index in [2.05, 4.69) is 19.1 Å². The fraction of sp³-hybridized carbons (Fsp3) is 0.192. The Morgan fingerprint density at radius 2 is 1.67 bits per heavy atom. The molecule has 0 aliphatic carbocycles. The van der Waals surface area contributed by atoms with E-state index in [1.807, 2.05) is 56.3 Å². The van der Waals surface area contributed by atoms with Gasteiger partial charge in [-0.05, 0) is 56.2 Å². The van der Waals surface area contributed by atoms with Crippen molar-refractivity contribution in [3.05, 3.63) is 94.2 Å². The summed E-state index contributed by atoms with van der Waals surface area (Å²) in [5, 5.41) is 0. The molecule has 0 aromatic heterocycles.